The lowest BCUT2D eigenvalue weighted by Crippen LogP contribution is -2.43. The first-order valence-electron chi connectivity index (χ1n) is 6.98. The Morgan fingerprint density at radius 1 is 1.00 bits per heavy atom. The Bertz CT molecular complexity index is 743. The predicted molar refractivity (Wildman–Crippen MR) is 80.0 cm³/mol. The summed E-state index contributed by atoms with van der Waals surface area (Å²) >= 11 is 0. The van der Waals surface area contributed by atoms with E-state index in [0.717, 1.165) is 48.8 Å². The van der Waals surface area contributed by atoms with Gasteiger partial charge in [0.05, 0.1) is 6.33 Å². The van der Waals surface area contributed by atoms with Gasteiger partial charge in [0.25, 0.3) is 0 Å². The minimum absolute atomic E-state index is 0.672. The maximum Gasteiger partial charge on any atom is 0.181 e. The maximum atomic E-state index is 4.57. The minimum atomic E-state index is 0.672. The number of anilines is 1. The topological polar surface area (TPSA) is 82.6 Å². The number of aromatic amines is 1. The van der Waals surface area contributed by atoms with Crippen LogP contribution >= 0.6 is 0 Å². The highest BCUT2D eigenvalue weighted by Crippen LogP contribution is 2.23. The average Bonchev–Trinajstić information content (AvgIpc) is 3.04. The zero-order chi connectivity index (χ0) is 14.1. The molecule has 21 heavy (non-hydrogen) atoms. The monoisotopic (exact) mass is 281 g/mol. The van der Waals surface area contributed by atoms with Gasteiger partial charge in [0, 0.05) is 37.9 Å². The molecule has 0 radical (unpaired) electrons. The molecular weight excluding hydrogens is 266 g/mol. The van der Waals surface area contributed by atoms with Gasteiger partial charge in [0.15, 0.2) is 5.65 Å². The van der Waals surface area contributed by atoms with Crippen molar-refractivity contribution in [3.63, 3.8) is 0 Å². The quantitative estimate of drug-likeness (QED) is 0.724. The summed E-state index contributed by atoms with van der Waals surface area (Å²) in [6.45, 7) is 3.99. The second-order valence-corrected chi connectivity index (χ2v) is 4.97. The van der Waals surface area contributed by atoms with Crippen LogP contribution < -0.4 is 10.2 Å². The molecule has 1 aliphatic heterocycles. The molecule has 0 saturated carbocycles. The van der Waals surface area contributed by atoms with E-state index < -0.39 is 0 Å². The van der Waals surface area contributed by atoms with Crippen molar-refractivity contribution in [2.24, 2.45) is 0 Å². The van der Waals surface area contributed by atoms with E-state index in [2.05, 4.69) is 35.1 Å². The van der Waals surface area contributed by atoms with E-state index in [-0.39, 0.29) is 0 Å². The second-order valence-electron chi connectivity index (χ2n) is 4.97. The molecule has 3 aromatic rings. The highest BCUT2D eigenvalue weighted by Gasteiger charge is 2.13. The van der Waals surface area contributed by atoms with Gasteiger partial charge in [-0.1, -0.05) is 0 Å². The average molecular weight is 281 g/mol. The number of pyridine rings is 1. The number of nitrogens with zero attached hydrogens (tertiary/aromatic N) is 5. The highest BCUT2D eigenvalue weighted by molar-refractivity contribution is 5.86. The van der Waals surface area contributed by atoms with Crippen molar-refractivity contribution in [3.8, 4) is 11.3 Å². The first-order valence-corrected chi connectivity index (χ1v) is 6.98. The number of hydrogen-bond acceptors (Lipinski definition) is 6. The summed E-state index contributed by atoms with van der Waals surface area (Å²) < 4.78 is 0. The molecule has 0 atom stereocenters. The Hall–Kier alpha value is -2.54. The van der Waals surface area contributed by atoms with Crippen LogP contribution in [0.1, 0.15) is 0 Å². The Balaban J connectivity index is 1.68. The van der Waals surface area contributed by atoms with Crippen LogP contribution in [0.5, 0.6) is 0 Å². The molecule has 4 rings (SSSR count). The summed E-state index contributed by atoms with van der Waals surface area (Å²) in [6, 6.07) is 4.10. The van der Waals surface area contributed by atoms with Crippen LogP contribution in [0, 0.1) is 0 Å². The van der Waals surface area contributed by atoms with Crippen molar-refractivity contribution in [3.05, 3.63) is 31.0 Å². The zero-order valence-corrected chi connectivity index (χ0v) is 11.5. The summed E-state index contributed by atoms with van der Waals surface area (Å²) in [5, 5.41) is 3.34. The molecule has 0 aliphatic carbocycles. The molecule has 4 heterocycles. The van der Waals surface area contributed by atoms with Gasteiger partial charge in [-0.25, -0.2) is 19.9 Å². The fourth-order valence-corrected chi connectivity index (χ4v) is 2.59. The molecule has 1 fully saturated rings. The Morgan fingerprint density at radius 3 is 2.71 bits per heavy atom. The maximum absolute atomic E-state index is 4.57. The van der Waals surface area contributed by atoms with Crippen LogP contribution in [0.25, 0.3) is 22.4 Å². The van der Waals surface area contributed by atoms with E-state index in [1.165, 1.54) is 6.33 Å². The predicted octanol–water partition coefficient (Wildman–Crippen LogP) is 0.824. The number of H-pyrrole nitrogens is 1. The number of hydrogen-bond donors (Lipinski definition) is 2. The zero-order valence-electron chi connectivity index (χ0n) is 11.5. The van der Waals surface area contributed by atoms with Crippen molar-refractivity contribution in [1.29, 1.82) is 0 Å². The van der Waals surface area contributed by atoms with Crippen molar-refractivity contribution in [2.75, 3.05) is 31.1 Å². The summed E-state index contributed by atoms with van der Waals surface area (Å²) in [7, 11) is 0. The third-order valence-electron chi connectivity index (χ3n) is 3.69. The highest BCUT2D eigenvalue weighted by atomic mass is 15.2. The molecule has 0 unspecified atom stereocenters. The van der Waals surface area contributed by atoms with Crippen LogP contribution in [-0.2, 0) is 0 Å². The number of imidazole rings is 1. The molecule has 1 aliphatic rings. The summed E-state index contributed by atoms with van der Waals surface area (Å²) in [4.78, 5) is 22.6. The standard InChI is InChI=1S/C14H15N7/c1-2-11(21-5-3-15-4-6-21)16-7-10(1)12-13-14(19-8-17-12)20-9-18-13/h1-2,7-9,15H,3-6H2,(H,17,18,19,20). The van der Waals surface area contributed by atoms with Gasteiger partial charge in [-0.05, 0) is 12.1 Å². The fourth-order valence-electron chi connectivity index (χ4n) is 2.59. The molecule has 0 bridgehead atoms. The van der Waals surface area contributed by atoms with Gasteiger partial charge < -0.3 is 15.2 Å². The van der Waals surface area contributed by atoms with Gasteiger partial charge in [0.1, 0.15) is 23.4 Å². The second kappa shape index (κ2) is 5.10. The van der Waals surface area contributed by atoms with E-state index >= 15 is 0 Å². The SMILES string of the molecule is c1nc(-c2ccc(N3CCNCC3)nc2)c2[nH]cnc2n1. The Labute approximate surface area is 121 Å². The molecule has 1 saturated heterocycles. The van der Waals surface area contributed by atoms with Gasteiger partial charge in [0.2, 0.25) is 0 Å². The fraction of sp³-hybridized carbons (Fsp3) is 0.286. The number of piperazine rings is 1. The van der Waals surface area contributed by atoms with Crippen molar-refractivity contribution in [1.82, 2.24) is 30.2 Å². The molecule has 7 heteroatoms. The number of rotatable bonds is 2. The summed E-state index contributed by atoms with van der Waals surface area (Å²) in [6.07, 6.45) is 5.02. The third-order valence-corrected chi connectivity index (χ3v) is 3.69. The summed E-state index contributed by atoms with van der Waals surface area (Å²) in [5.74, 6) is 1.01. The molecule has 106 valence electrons. The van der Waals surface area contributed by atoms with E-state index in [0.29, 0.717) is 5.65 Å². The molecule has 0 spiro atoms. The molecule has 3 aromatic heterocycles. The lowest BCUT2D eigenvalue weighted by Gasteiger charge is -2.28. The number of aromatic nitrogens is 5. The lowest BCUT2D eigenvalue weighted by atomic mass is 10.2. The Kier molecular flexibility index (Phi) is 2.97. The third kappa shape index (κ3) is 2.21. The van der Waals surface area contributed by atoms with Crippen molar-refractivity contribution >= 4 is 17.0 Å². The van der Waals surface area contributed by atoms with Gasteiger partial charge >= 0.3 is 0 Å². The summed E-state index contributed by atoms with van der Waals surface area (Å²) in [5.41, 5.74) is 3.31. The van der Waals surface area contributed by atoms with Crippen LogP contribution in [0.3, 0.4) is 0 Å². The van der Waals surface area contributed by atoms with Gasteiger partial charge in [-0.2, -0.15) is 0 Å². The van der Waals surface area contributed by atoms with E-state index in [4.69, 9.17) is 0 Å². The largest absolute Gasteiger partial charge is 0.354 e. The number of nitrogens with one attached hydrogen (secondary N) is 2. The Morgan fingerprint density at radius 2 is 1.90 bits per heavy atom. The first-order chi connectivity index (χ1) is 10.4. The van der Waals surface area contributed by atoms with E-state index in [1.54, 1.807) is 6.33 Å². The molecule has 0 amide bonds. The molecular formula is C14H15N7. The van der Waals surface area contributed by atoms with Crippen molar-refractivity contribution in [2.45, 2.75) is 0 Å². The van der Waals surface area contributed by atoms with Gasteiger partial charge in [-0.15, -0.1) is 0 Å². The van der Waals surface area contributed by atoms with E-state index in [9.17, 15) is 0 Å². The number of fused-ring (bicyclic) bond motifs is 1. The van der Waals surface area contributed by atoms with Crippen molar-refractivity contribution < 1.29 is 0 Å². The smallest absolute Gasteiger partial charge is 0.181 e. The minimum Gasteiger partial charge on any atom is -0.354 e. The molecule has 7 nitrogen and oxygen atoms in total. The van der Waals surface area contributed by atoms with Crippen LogP contribution in [-0.4, -0.2) is 51.1 Å². The first kappa shape index (κ1) is 12.2. The normalized spacial score (nSPS) is 15.5. The van der Waals surface area contributed by atoms with E-state index in [1.807, 2.05) is 18.3 Å². The van der Waals surface area contributed by atoms with Crippen LogP contribution in [0.2, 0.25) is 0 Å². The molecule has 0 aromatic carbocycles. The molecule has 2 N–H and O–H groups in total. The lowest BCUT2D eigenvalue weighted by molar-refractivity contribution is 0.585. The van der Waals surface area contributed by atoms with Crippen LogP contribution in [0.4, 0.5) is 5.82 Å². The van der Waals surface area contributed by atoms with Crippen LogP contribution in [0.15, 0.2) is 31.0 Å². The van der Waals surface area contributed by atoms with Gasteiger partial charge in [-0.3, -0.25) is 0 Å².